The van der Waals surface area contributed by atoms with Gasteiger partial charge in [-0.1, -0.05) is 237 Å². The van der Waals surface area contributed by atoms with Gasteiger partial charge in [0, 0.05) is 16.7 Å². The van der Waals surface area contributed by atoms with Crippen molar-refractivity contribution in [2.75, 3.05) is 0 Å². The number of fused-ring (bicyclic) bond motifs is 1. The van der Waals surface area contributed by atoms with Crippen molar-refractivity contribution in [1.82, 2.24) is 0 Å². The number of carbonyl (C=O) groups excluding carboxylic acids is 1. The second-order valence-electron chi connectivity index (χ2n) is 18.8. The average molecular weight is 899 g/mol. The Morgan fingerprint density at radius 2 is 0.565 bits per heavy atom. The molecule has 0 spiro atoms. The van der Waals surface area contributed by atoms with E-state index in [0.29, 0.717) is 5.56 Å². The highest BCUT2D eigenvalue weighted by molar-refractivity contribution is 5.96. The molecule has 0 aliphatic carbocycles. The summed E-state index contributed by atoms with van der Waals surface area (Å²) >= 11 is 0. The Bertz CT molecular complexity index is 3070. The molecule has 0 radical (unpaired) electrons. The molecule has 9 aromatic carbocycles. The topological polar surface area (TPSA) is 26.3 Å². The third-order valence-corrected chi connectivity index (χ3v) is 13.7. The predicted molar refractivity (Wildman–Crippen MR) is 286 cm³/mol. The van der Waals surface area contributed by atoms with Gasteiger partial charge in [0.05, 0.1) is 5.56 Å². The molecule has 0 saturated carbocycles. The molecule has 10 rings (SSSR count). The molecule has 342 valence electrons. The van der Waals surface area contributed by atoms with E-state index in [1.54, 1.807) is 0 Å². The van der Waals surface area contributed by atoms with Gasteiger partial charge in [-0.25, -0.2) is 4.79 Å². The van der Waals surface area contributed by atoms with E-state index in [1.807, 2.05) is 24.3 Å². The molecule has 69 heavy (non-hydrogen) atoms. The lowest BCUT2D eigenvalue weighted by atomic mass is 9.79. The van der Waals surface area contributed by atoms with Crippen LogP contribution in [0.1, 0.15) is 119 Å². The molecular formula is C67H62O2. The van der Waals surface area contributed by atoms with Crippen molar-refractivity contribution in [1.29, 1.82) is 0 Å². The molecule has 1 aliphatic heterocycles. The average Bonchev–Trinajstić information content (AvgIpc) is 3.70. The van der Waals surface area contributed by atoms with Gasteiger partial charge in [-0.15, -0.1) is 0 Å². The number of aryl methyl sites for hydroxylation is 4. The highest BCUT2D eigenvalue weighted by Crippen LogP contribution is 2.47. The van der Waals surface area contributed by atoms with Gasteiger partial charge in [0.15, 0.2) is 5.60 Å². The summed E-state index contributed by atoms with van der Waals surface area (Å²) in [6.07, 6.45) is 6.83. The van der Waals surface area contributed by atoms with Crippen LogP contribution in [0.4, 0.5) is 0 Å². The van der Waals surface area contributed by atoms with Gasteiger partial charge in [-0.3, -0.25) is 0 Å². The second-order valence-corrected chi connectivity index (χ2v) is 18.8. The molecule has 2 nitrogen and oxygen atoms in total. The third kappa shape index (κ3) is 11.4. The minimum atomic E-state index is -0.948. The Kier molecular flexibility index (Phi) is 14.6. The number of hydrogen-bond donors (Lipinski definition) is 0. The van der Waals surface area contributed by atoms with Crippen LogP contribution in [-0.2, 0) is 55.3 Å². The quantitative estimate of drug-likeness (QED) is 0.102. The fraction of sp³-hybridized carbons (Fsp3) is 0.179. The standard InChI is InChI=1S/C37H32O2.C30H30/c1-3-27-16-20-32(21-17-27)37(35-7-5-4-6-34(35)36(38)39-37)33-22-18-31(19-23-33)25-30-14-12-29(13-15-30)24-28-10-8-26(2)9-11-28;1-3-24-8-10-26(11-9-24)21-28-16-18-30(19-17-28)22-29-14-12-27(13-15-29)20-25-6-4-23(2)5-7-25/h4-23H,3,24-25H2,1-2H3;4-19H,3,20-22H2,1-2H3. The molecule has 1 aliphatic rings. The zero-order valence-electron chi connectivity index (χ0n) is 40.6. The summed E-state index contributed by atoms with van der Waals surface area (Å²) in [6, 6.07) is 78.4. The molecule has 0 amide bonds. The lowest BCUT2D eigenvalue weighted by molar-refractivity contribution is 0.0251. The number of esters is 1. The summed E-state index contributed by atoms with van der Waals surface area (Å²) in [4.78, 5) is 13.0. The van der Waals surface area contributed by atoms with Crippen molar-refractivity contribution in [3.8, 4) is 0 Å². The number of ether oxygens (including phenoxy) is 1. The van der Waals surface area contributed by atoms with E-state index in [2.05, 4.69) is 222 Å². The van der Waals surface area contributed by atoms with Crippen LogP contribution in [0.15, 0.2) is 218 Å². The third-order valence-electron chi connectivity index (χ3n) is 13.7. The van der Waals surface area contributed by atoms with Crippen molar-refractivity contribution >= 4 is 5.97 Å². The first-order valence-corrected chi connectivity index (χ1v) is 24.7. The van der Waals surface area contributed by atoms with Crippen LogP contribution in [0.5, 0.6) is 0 Å². The number of carbonyl (C=O) groups is 1. The number of hydrogen-bond acceptors (Lipinski definition) is 2. The van der Waals surface area contributed by atoms with E-state index in [4.69, 9.17) is 4.74 Å². The van der Waals surface area contributed by atoms with E-state index < -0.39 is 5.60 Å². The van der Waals surface area contributed by atoms with E-state index in [-0.39, 0.29) is 5.97 Å². The van der Waals surface area contributed by atoms with Gasteiger partial charge in [-0.05, 0) is 132 Å². The van der Waals surface area contributed by atoms with Gasteiger partial charge in [-0.2, -0.15) is 0 Å². The van der Waals surface area contributed by atoms with Crippen LogP contribution in [0, 0.1) is 13.8 Å². The van der Waals surface area contributed by atoms with E-state index >= 15 is 0 Å². The Morgan fingerprint density at radius 1 is 0.319 bits per heavy atom. The van der Waals surface area contributed by atoms with Crippen LogP contribution >= 0.6 is 0 Å². The summed E-state index contributed by atoms with van der Waals surface area (Å²) in [6.45, 7) is 8.60. The summed E-state index contributed by atoms with van der Waals surface area (Å²) in [5, 5.41) is 0. The van der Waals surface area contributed by atoms with Crippen LogP contribution in [-0.4, -0.2) is 5.97 Å². The highest BCUT2D eigenvalue weighted by Gasteiger charge is 2.48. The Morgan fingerprint density at radius 3 is 0.870 bits per heavy atom. The first kappa shape index (κ1) is 46.6. The zero-order valence-corrected chi connectivity index (χ0v) is 40.6. The monoisotopic (exact) mass is 898 g/mol. The van der Waals surface area contributed by atoms with Crippen LogP contribution in [0.3, 0.4) is 0 Å². The SMILES string of the molecule is CCc1ccc(C2(c3ccc(Cc4ccc(Cc5ccc(C)cc5)cc4)cc3)OC(=O)c3ccccc32)cc1.CCc1ccc(Cc2ccc(Cc3ccc(Cc4ccc(C)cc4)cc3)cc2)cc1. The predicted octanol–water partition coefficient (Wildman–Crippen LogP) is 15.5. The number of rotatable bonds is 14. The highest BCUT2D eigenvalue weighted by atomic mass is 16.6. The molecule has 0 aromatic heterocycles. The Labute approximate surface area is 410 Å². The molecule has 1 heterocycles. The van der Waals surface area contributed by atoms with Gasteiger partial charge in [0.25, 0.3) is 0 Å². The van der Waals surface area contributed by atoms with E-state index in [0.717, 1.165) is 61.6 Å². The molecular weight excluding hydrogens is 837 g/mol. The summed E-state index contributed by atoms with van der Waals surface area (Å²) in [5.74, 6) is -0.278. The number of cyclic esters (lactones) is 1. The van der Waals surface area contributed by atoms with E-state index in [9.17, 15) is 4.79 Å². The molecule has 1 atom stereocenters. The molecule has 0 fully saturated rings. The maximum absolute atomic E-state index is 13.0. The Hall–Kier alpha value is -7.55. The Balaban J connectivity index is 0.000000178. The maximum Gasteiger partial charge on any atom is 0.340 e. The summed E-state index contributed by atoms with van der Waals surface area (Å²) in [7, 11) is 0. The van der Waals surface area contributed by atoms with Crippen LogP contribution in [0.25, 0.3) is 0 Å². The van der Waals surface area contributed by atoms with Gasteiger partial charge in [0.1, 0.15) is 0 Å². The maximum atomic E-state index is 13.0. The normalized spacial score (nSPS) is 13.8. The fourth-order valence-corrected chi connectivity index (χ4v) is 9.45. The first-order chi connectivity index (χ1) is 33.7. The molecule has 0 bridgehead atoms. The van der Waals surface area contributed by atoms with Crippen LogP contribution in [0.2, 0.25) is 0 Å². The lowest BCUT2D eigenvalue weighted by Gasteiger charge is -2.30. The smallest absolute Gasteiger partial charge is 0.340 e. The second kappa shape index (κ2) is 21.6. The molecule has 1 unspecified atom stereocenters. The summed E-state index contributed by atoms with van der Waals surface area (Å²) < 4.78 is 6.25. The zero-order chi connectivity index (χ0) is 47.6. The first-order valence-electron chi connectivity index (χ1n) is 24.7. The lowest BCUT2D eigenvalue weighted by Crippen LogP contribution is -2.29. The van der Waals surface area contributed by atoms with E-state index in [1.165, 1.54) is 77.9 Å². The van der Waals surface area contributed by atoms with Crippen LogP contribution < -0.4 is 0 Å². The van der Waals surface area contributed by atoms with Gasteiger partial charge >= 0.3 is 5.97 Å². The minimum absolute atomic E-state index is 0.278. The van der Waals surface area contributed by atoms with Crippen molar-refractivity contribution in [2.24, 2.45) is 0 Å². The molecule has 9 aromatic rings. The molecule has 0 N–H and O–H groups in total. The largest absolute Gasteiger partial charge is 0.441 e. The molecule has 0 saturated heterocycles. The molecule has 2 heteroatoms. The van der Waals surface area contributed by atoms with Crippen molar-refractivity contribution < 1.29 is 9.53 Å². The van der Waals surface area contributed by atoms with Crippen molar-refractivity contribution in [2.45, 2.75) is 78.2 Å². The minimum Gasteiger partial charge on any atom is -0.441 e. The number of benzene rings is 9. The van der Waals surface area contributed by atoms with Crippen molar-refractivity contribution in [3.05, 3.63) is 319 Å². The van der Waals surface area contributed by atoms with Gasteiger partial charge in [0.2, 0.25) is 0 Å². The summed E-state index contributed by atoms with van der Waals surface area (Å²) in [5.41, 5.74) is 21.1. The van der Waals surface area contributed by atoms with Crippen molar-refractivity contribution in [3.63, 3.8) is 0 Å². The van der Waals surface area contributed by atoms with Gasteiger partial charge < -0.3 is 4.74 Å². The fourth-order valence-electron chi connectivity index (χ4n) is 9.45.